The van der Waals surface area contributed by atoms with Crippen molar-refractivity contribution in [3.05, 3.63) is 47.3 Å². The van der Waals surface area contributed by atoms with Crippen molar-refractivity contribution in [3.63, 3.8) is 0 Å². The van der Waals surface area contributed by atoms with Crippen LogP contribution in [0, 0.1) is 0 Å². The molecule has 0 amide bonds. The molecular formula is C15H19N3. The van der Waals surface area contributed by atoms with Gasteiger partial charge in [0.25, 0.3) is 0 Å². The molecule has 1 atom stereocenters. The van der Waals surface area contributed by atoms with Crippen LogP contribution in [0.2, 0.25) is 0 Å². The van der Waals surface area contributed by atoms with Crippen LogP contribution in [-0.2, 0) is 26.3 Å². The molecule has 0 bridgehead atoms. The highest BCUT2D eigenvalue weighted by molar-refractivity contribution is 5.56. The van der Waals surface area contributed by atoms with E-state index in [0.717, 1.165) is 19.3 Å². The molecule has 0 radical (unpaired) electrons. The predicted molar refractivity (Wildman–Crippen MR) is 73.8 cm³/mol. The molecule has 1 unspecified atom stereocenters. The Morgan fingerprint density at radius 1 is 1.39 bits per heavy atom. The Morgan fingerprint density at radius 3 is 2.94 bits per heavy atom. The smallest absolute Gasteiger partial charge is 0.0624 e. The molecule has 3 nitrogen and oxygen atoms in total. The van der Waals surface area contributed by atoms with E-state index < -0.39 is 0 Å². The molecule has 94 valence electrons. The Bertz CT molecular complexity index is 532. The van der Waals surface area contributed by atoms with E-state index in [1.54, 1.807) is 0 Å². The highest BCUT2D eigenvalue weighted by Crippen LogP contribution is 2.26. The summed E-state index contributed by atoms with van der Waals surface area (Å²) in [5.74, 6) is 0. The molecule has 0 fully saturated rings. The van der Waals surface area contributed by atoms with E-state index in [1.165, 1.54) is 22.6 Å². The molecule has 1 N–H and O–H groups in total. The summed E-state index contributed by atoms with van der Waals surface area (Å²) in [4.78, 5) is 0. The fourth-order valence-corrected chi connectivity index (χ4v) is 2.69. The fraction of sp³-hybridized carbons (Fsp3) is 0.400. The molecule has 1 aliphatic rings. The lowest BCUT2D eigenvalue weighted by Gasteiger charge is -2.10. The van der Waals surface area contributed by atoms with Gasteiger partial charge in [-0.15, -0.1) is 0 Å². The largest absolute Gasteiger partial charge is 0.381 e. The number of hydrogen-bond acceptors (Lipinski definition) is 2. The number of fused-ring (bicyclic) bond motifs is 1. The summed E-state index contributed by atoms with van der Waals surface area (Å²) in [5, 5.41) is 8.11. The average molecular weight is 241 g/mol. The van der Waals surface area contributed by atoms with Crippen LogP contribution in [0.25, 0.3) is 0 Å². The summed E-state index contributed by atoms with van der Waals surface area (Å²) < 4.78 is 2.02. The van der Waals surface area contributed by atoms with E-state index in [-0.39, 0.29) is 0 Å². The lowest BCUT2D eigenvalue weighted by atomic mass is 10.1. The van der Waals surface area contributed by atoms with E-state index >= 15 is 0 Å². The van der Waals surface area contributed by atoms with E-state index in [2.05, 4.69) is 47.7 Å². The van der Waals surface area contributed by atoms with E-state index in [1.807, 2.05) is 11.7 Å². The van der Waals surface area contributed by atoms with Crippen LogP contribution in [0.4, 0.5) is 5.69 Å². The molecule has 18 heavy (non-hydrogen) atoms. The number of nitrogens with one attached hydrogen (secondary N) is 1. The zero-order valence-electron chi connectivity index (χ0n) is 11.0. The van der Waals surface area contributed by atoms with Crippen molar-refractivity contribution < 1.29 is 0 Å². The van der Waals surface area contributed by atoms with Gasteiger partial charge in [0.1, 0.15) is 0 Å². The van der Waals surface area contributed by atoms with Crippen LogP contribution in [0.1, 0.15) is 23.9 Å². The predicted octanol–water partition coefficient (Wildman–Crippen LogP) is 2.56. The first-order valence-corrected chi connectivity index (χ1v) is 6.62. The van der Waals surface area contributed by atoms with Crippen LogP contribution in [-0.4, -0.2) is 15.8 Å². The zero-order chi connectivity index (χ0) is 12.5. The average Bonchev–Trinajstić information content (AvgIpc) is 2.93. The third-order valence-corrected chi connectivity index (χ3v) is 3.69. The zero-order valence-corrected chi connectivity index (χ0v) is 11.0. The maximum atomic E-state index is 4.51. The molecule has 1 aliphatic heterocycles. The Balaban J connectivity index is 1.74. The van der Waals surface area contributed by atoms with Gasteiger partial charge >= 0.3 is 0 Å². The Hall–Kier alpha value is -1.77. The highest BCUT2D eigenvalue weighted by Gasteiger charge is 2.21. The Labute approximate surface area is 108 Å². The van der Waals surface area contributed by atoms with Gasteiger partial charge in [-0.2, -0.15) is 5.10 Å². The number of para-hydroxylation sites is 1. The van der Waals surface area contributed by atoms with Gasteiger partial charge in [-0.1, -0.05) is 25.1 Å². The molecule has 3 rings (SSSR count). The number of rotatable bonds is 3. The standard InChI is InChI=1S/C15H19N3/c1-3-12-9-14(18(2)17-12)10-13-8-11-6-4-5-7-15(11)16-13/h4-7,9,13,16H,3,8,10H2,1-2H3. The van der Waals surface area contributed by atoms with Gasteiger partial charge < -0.3 is 5.32 Å². The second kappa shape index (κ2) is 4.48. The van der Waals surface area contributed by atoms with Crippen molar-refractivity contribution in [2.75, 3.05) is 5.32 Å². The molecule has 0 saturated heterocycles. The van der Waals surface area contributed by atoms with E-state index in [9.17, 15) is 0 Å². The number of benzene rings is 1. The first-order chi connectivity index (χ1) is 8.76. The molecule has 0 saturated carbocycles. The molecule has 1 aromatic heterocycles. The van der Waals surface area contributed by atoms with Gasteiger partial charge in [-0.25, -0.2) is 0 Å². The maximum Gasteiger partial charge on any atom is 0.0624 e. The monoisotopic (exact) mass is 241 g/mol. The Kier molecular flexibility index (Phi) is 2.82. The van der Waals surface area contributed by atoms with Crippen molar-refractivity contribution in [2.45, 2.75) is 32.2 Å². The summed E-state index contributed by atoms with van der Waals surface area (Å²) in [6.07, 6.45) is 3.16. The summed E-state index contributed by atoms with van der Waals surface area (Å²) in [6, 6.07) is 11.3. The molecular weight excluding hydrogens is 222 g/mol. The van der Waals surface area contributed by atoms with E-state index in [0.29, 0.717) is 6.04 Å². The number of aromatic nitrogens is 2. The minimum atomic E-state index is 0.502. The molecule has 2 heterocycles. The molecule has 0 aliphatic carbocycles. The number of hydrogen-bond donors (Lipinski definition) is 1. The lowest BCUT2D eigenvalue weighted by Crippen LogP contribution is -2.20. The van der Waals surface area contributed by atoms with E-state index in [4.69, 9.17) is 0 Å². The topological polar surface area (TPSA) is 29.9 Å². The fourth-order valence-electron chi connectivity index (χ4n) is 2.69. The Morgan fingerprint density at radius 2 is 2.22 bits per heavy atom. The maximum absolute atomic E-state index is 4.51. The molecule has 0 spiro atoms. The summed E-state index contributed by atoms with van der Waals surface area (Å²) in [6.45, 7) is 2.15. The molecule has 2 aromatic rings. The number of aryl methyl sites for hydroxylation is 2. The number of anilines is 1. The third kappa shape index (κ3) is 2.01. The number of nitrogens with zero attached hydrogens (tertiary/aromatic N) is 2. The van der Waals surface area contributed by atoms with Gasteiger partial charge in [-0.3, -0.25) is 4.68 Å². The van der Waals surface area contributed by atoms with Gasteiger partial charge in [0.2, 0.25) is 0 Å². The highest BCUT2D eigenvalue weighted by atomic mass is 15.3. The van der Waals surface area contributed by atoms with Crippen LogP contribution in [0.15, 0.2) is 30.3 Å². The van der Waals surface area contributed by atoms with Crippen molar-refractivity contribution in [2.24, 2.45) is 7.05 Å². The van der Waals surface area contributed by atoms with Gasteiger partial charge in [0.05, 0.1) is 5.69 Å². The lowest BCUT2D eigenvalue weighted by molar-refractivity contribution is 0.651. The first kappa shape index (κ1) is 11.3. The van der Waals surface area contributed by atoms with Crippen LogP contribution >= 0.6 is 0 Å². The van der Waals surface area contributed by atoms with Gasteiger partial charge in [-0.05, 0) is 30.5 Å². The van der Waals surface area contributed by atoms with Crippen LogP contribution in [0.5, 0.6) is 0 Å². The SMILES string of the molecule is CCc1cc(CC2Cc3ccccc3N2)n(C)n1. The van der Waals surface area contributed by atoms with Crippen LogP contribution in [0.3, 0.4) is 0 Å². The molecule has 3 heteroatoms. The van der Waals surface area contributed by atoms with Gasteiger partial charge in [0, 0.05) is 30.9 Å². The summed E-state index contributed by atoms with van der Waals surface area (Å²) >= 11 is 0. The van der Waals surface area contributed by atoms with Crippen molar-refractivity contribution >= 4 is 5.69 Å². The second-order valence-electron chi connectivity index (χ2n) is 5.01. The first-order valence-electron chi connectivity index (χ1n) is 6.62. The third-order valence-electron chi connectivity index (χ3n) is 3.69. The second-order valence-corrected chi connectivity index (χ2v) is 5.01. The quantitative estimate of drug-likeness (QED) is 0.895. The normalized spacial score (nSPS) is 17.6. The molecule has 1 aromatic carbocycles. The summed E-state index contributed by atoms with van der Waals surface area (Å²) in [5.41, 5.74) is 5.22. The summed E-state index contributed by atoms with van der Waals surface area (Å²) in [7, 11) is 2.04. The van der Waals surface area contributed by atoms with Crippen molar-refractivity contribution in [1.29, 1.82) is 0 Å². The minimum Gasteiger partial charge on any atom is -0.381 e. The van der Waals surface area contributed by atoms with Crippen LogP contribution < -0.4 is 5.32 Å². The van der Waals surface area contributed by atoms with Crippen molar-refractivity contribution in [3.8, 4) is 0 Å². The van der Waals surface area contributed by atoms with Crippen molar-refractivity contribution in [1.82, 2.24) is 9.78 Å². The minimum absolute atomic E-state index is 0.502. The van der Waals surface area contributed by atoms with Gasteiger partial charge in [0.15, 0.2) is 0 Å².